The zero-order chi connectivity index (χ0) is 21.2. The number of fused-ring (bicyclic) bond motifs is 1. The van der Waals surface area contributed by atoms with Gasteiger partial charge >= 0.3 is 0 Å². The molecule has 1 heterocycles. The Morgan fingerprint density at radius 1 is 1.31 bits per heavy atom. The summed E-state index contributed by atoms with van der Waals surface area (Å²) in [6.07, 6.45) is 1.56. The lowest BCUT2D eigenvalue weighted by molar-refractivity contribution is -0.118. The van der Waals surface area contributed by atoms with E-state index in [1.165, 1.54) is 11.8 Å². The maximum atomic E-state index is 13.0. The Morgan fingerprint density at radius 3 is 2.83 bits per heavy atom. The molecule has 7 nitrogen and oxygen atoms in total. The van der Waals surface area contributed by atoms with E-state index >= 15 is 0 Å². The van der Waals surface area contributed by atoms with Gasteiger partial charge in [-0.05, 0) is 44.9 Å². The predicted octanol–water partition coefficient (Wildman–Crippen LogP) is 3.11. The van der Waals surface area contributed by atoms with Crippen LogP contribution in [0.2, 0.25) is 5.02 Å². The third-order valence-corrected chi connectivity index (χ3v) is 5.25. The molecule has 0 aliphatic heterocycles. The molecule has 0 saturated heterocycles. The van der Waals surface area contributed by atoms with Crippen LogP contribution in [0.25, 0.3) is 10.9 Å². The van der Waals surface area contributed by atoms with Crippen molar-refractivity contribution in [2.45, 2.75) is 44.5 Å². The minimum atomic E-state index is -0.140. The molecule has 1 amide bonds. The van der Waals surface area contributed by atoms with Gasteiger partial charge in [0.05, 0.1) is 22.8 Å². The quantitative estimate of drug-likeness (QED) is 0.309. The lowest BCUT2D eigenvalue weighted by Gasteiger charge is -2.14. The molecular weight excluding hydrogens is 414 g/mol. The normalized spacial score (nSPS) is 11.3. The topological polar surface area (TPSA) is 82.5 Å². The molecule has 1 N–H and O–H groups in total. The molecule has 160 valence electrons. The number of carbonyl (C=O) groups is 1. The zero-order valence-corrected chi connectivity index (χ0v) is 18.6. The highest BCUT2D eigenvalue weighted by Crippen LogP contribution is 2.20. The van der Waals surface area contributed by atoms with Gasteiger partial charge in [-0.2, -0.15) is 0 Å². The van der Waals surface area contributed by atoms with Gasteiger partial charge in [-0.15, -0.1) is 0 Å². The SMILES string of the molecule is COCCCNC(=O)CSc1nc2cc(Cl)ccc2c(=O)n1CCCOC(C)C. The number of amides is 1. The van der Waals surface area contributed by atoms with Crippen LogP contribution >= 0.6 is 23.4 Å². The molecule has 1 aromatic heterocycles. The van der Waals surface area contributed by atoms with E-state index in [2.05, 4.69) is 10.3 Å². The molecule has 0 spiro atoms. The van der Waals surface area contributed by atoms with Crippen LogP contribution in [0.4, 0.5) is 0 Å². The number of nitrogens with zero attached hydrogens (tertiary/aromatic N) is 2. The number of aromatic nitrogens is 2. The maximum absolute atomic E-state index is 13.0. The molecule has 1 aromatic carbocycles. The standard InChI is InChI=1S/C20H28ClN3O4S/c1-14(2)28-11-5-9-24-19(26)16-7-6-15(21)12-17(16)23-20(24)29-13-18(25)22-8-4-10-27-3/h6-7,12,14H,4-5,8-11,13H2,1-3H3,(H,22,25). The van der Waals surface area contributed by atoms with Crippen LogP contribution < -0.4 is 10.9 Å². The van der Waals surface area contributed by atoms with Crippen molar-refractivity contribution in [3.8, 4) is 0 Å². The number of halogens is 1. The summed E-state index contributed by atoms with van der Waals surface area (Å²) in [5.74, 6) is 0.0646. The van der Waals surface area contributed by atoms with Crippen molar-refractivity contribution >= 4 is 40.2 Å². The van der Waals surface area contributed by atoms with Gasteiger partial charge in [0.25, 0.3) is 5.56 Å². The average molecular weight is 442 g/mol. The van der Waals surface area contributed by atoms with Crippen molar-refractivity contribution in [3.63, 3.8) is 0 Å². The Labute approximate surface area is 180 Å². The van der Waals surface area contributed by atoms with E-state index in [4.69, 9.17) is 21.1 Å². The predicted molar refractivity (Wildman–Crippen MR) is 117 cm³/mol. The molecular formula is C20H28ClN3O4S. The first kappa shape index (κ1) is 23.7. The highest BCUT2D eigenvalue weighted by molar-refractivity contribution is 7.99. The molecule has 0 fully saturated rings. The van der Waals surface area contributed by atoms with Crippen LogP contribution in [0.3, 0.4) is 0 Å². The summed E-state index contributed by atoms with van der Waals surface area (Å²) >= 11 is 7.30. The highest BCUT2D eigenvalue weighted by Gasteiger charge is 2.14. The smallest absolute Gasteiger partial charge is 0.262 e. The van der Waals surface area contributed by atoms with E-state index in [0.29, 0.717) is 53.8 Å². The number of carbonyl (C=O) groups excluding carboxylic acids is 1. The van der Waals surface area contributed by atoms with Gasteiger partial charge in [-0.3, -0.25) is 14.2 Å². The molecule has 2 rings (SSSR count). The lowest BCUT2D eigenvalue weighted by Crippen LogP contribution is -2.28. The van der Waals surface area contributed by atoms with Crippen molar-refractivity contribution in [1.29, 1.82) is 0 Å². The van der Waals surface area contributed by atoms with Gasteiger partial charge in [-0.1, -0.05) is 23.4 Å². The third-order valence-electron chi connectivity index (χ3n) is 4.04. The lowest BCUT2D eigenvalue weighted by atomic mass is 10.2. The van der Waals surface area contributed by atoms with E-state index in [1.807, 2.05) is 13.8 Å². The molecule has 0 saturated carbocycles. The van der Waals surface area contributed by atoms with E-state index in [1.54, 1.807) is 29.9 Å². The van der Waals surface area contributed by atoms with Crippen LogP contribution in [-0.2, 0) is 20.8 Å². The highest BCUT2D eigenvalue weighted by atomic mass is 35.5. The number of hydrogen-bond donors (Lipinski definition) is 1. The fraction of sp³-hybridized carbons (Fsp3) is 0.550. The van der Waals surface area contributed by atoms with E-state index in [0.717, 1.165) is 6.42 Å². The van der Waals surface area contributed by atoms with Crippen LogP contribution in [0.5, 0.6) is 0 Å². The number of ether oxygens (including phenoxy) is 2. The number of hydrogen-bond acceptors (Lipinski definition) is 6. The van der Waals surface area contributed by atoms with Gasteiger partial charge in [0.2, 0.25) is 5.91 Å². The number of thioether (sulfide) groups is 1. The number of methoxy groups -OCH3 is 1. The summed E-state index contributed by atoms with van der Waals surface area (Å²) in [4.78, 5) is 29.7. The Morgan fingerprint density at radius 2 is 2.10 bits per heavy atom. The minimum Gasteiger partial charge on any atom is -0.385 e. The van der Waals surface area contributed by atoms with Crippen LogP contribution in [-0.4, -0.2) is 54.2 Å². The molecule has 0 unspecified atom stereocenters. The monoisotopic (exact) mass is 441 g/mol. The van der Waals surface area contributed by atoms with E-state index < -0.39 is 0 Å². The van der Waals surface area contributed by atoms with Crippen LogP contribution in [0.15, 0.2) is 28.2 Å². The Bertz CT molecular complexity index is 873. The summed E-state index contributed by atoms with van der Waals surface area (Å²) in [5, 5.41) is 4.36. The molecule has 0 aliphatic carbocycles. The summed E-state index contributed by atoms with van der Waals surface area (Å²) < 4.78 is 12.2. The average Bonchev–Trinajstić information content (AvgIpc) is 2.68. The molecule has 9 heteroatoms. The van der Waals surface area contributed by atoms with Crippen LogP contribution in [0, 0.1) is 0 Å². The van der Waals surface area contributed by atoms with Crippen molar-refractivity contribution < 1.29 is 14.3 Å². The molecule has 29 heavy (non-hydrogen) atoms. The van der Waals surface area contributed by atoms with Gasteiger partial charge in [0, 0.05) is 38.4 Å². The first-order chi connectivity index (χ1) is 13.9. The number of nitrogens with one attached hydrogen (secondary N) is 1. The largest absolute Gasteiger partial charge is 0.385 e. The molecule has 0 aliphatic rings. The fourth-order valence-corrected chi connectivity index (χ4v) is 3.67. The summed E-state index contributed by atoms with van der Waals surface area (Å²) in [6.45, 7) is 6.10. The van der Waals surface area contributed by atoms with Crippen molar-refractivity contribution in [2.75, 3.05) is 32.6 Å². The van der Waals surface area contributed by atoms with Crippen LogP contribution in [0.1, 0.15) is 26.7 Å². The number of benzene rings is 1. The zero-order valence-electron chi connectivity index (χ0n) is 17.1. The third kappa shape index (κ3) is 7.62. The summed E-state index contributed by atoms with van der Waals surface area (Å²) in [6, 6.07) is 5.03. The van der Waals surface area contributed by atoms with Gasteiger partial charge in [-0.25, -0.2) is 4.98 Å². The summed E-state index contributed by atoms with van der Waals surface area (Å²) in [5.41, 5.74) is 0.388. The second-order valence-corrected chi connectivity index (χ2v) is 8.15. The number of rotatable bonds is 12. The fourth-order valence-electron chi connectivity index (χ4n) is 2.65. The maximum Gasteiger partial charge on any atom is 0.262 e. The van der Waals surface area contributed by atoms with E-state index in [9.17, 15) is 9.59 Å². The van der Waals surface area contributed by atoms with Crippen molar-refractivity contribution in [1.82, 2.24) is 14.9 Å². The first-order valence-corrected chi connectivity index (χ1v) is 11.0. The second kappa shape index (κ2) is 12.2. The Kier molecular flexibility index (Phi) is 9.93. The van der Waals surface area contributed by atoms with Gasteiger partial charge in [0.1, 0.15) is 0 Å². The Balaban J connectivity index is 2.15. The molecule has 2 aromatic rings. The first-order valence-electron chi connectivity index (χ1n) is 9.62. The Hall–Kier alpha value is -1.61. The van der Waals surface area contributed by atoms with Gasteiger partial charge < -0.3 is 14.8 Å². The van der Waals surface area contributed by atoms with Gasteiger partial charge in [0.15, 0.2) is 5.16 Å². The van der Waals surface area contributed by atoms with Crippen molar-refractivity contribution in [2.24, 2.45) is 0 Å². The minimum absolute atomic E-state index is 0.110. The molecule has 0 bridgehead atoms. The molecule has 0 radical (unpaired) electrons. The summed E-state index contributed by atoms with van der Waals surface area (Å²) in [7, 11) is 1.63. The second-order valence-electron chi connectivity index (χ2n) is 6.77. The van der Waals surface area contributed by atoms with Crippen molar-refractivity contribution in [3.05, 3.63) is 33.6 Å². The molecule has 0 atom stereocenters. The van der Waals surface area contributed by atoms with E-state index in [-0.39, 0.29) is 23.3 Å².